The maximum atomic E-state index is 5.74. The van der Waals surface area contributed by atoms with Crippen molar-refractivity contribution in [2.75, 3.05) is 65.5 Å². The lowest BCUT2D eigenvalue weighted by Crippen LogP contribution is -2.42. The Balaban J connectivity index is 0.00000280. The minimum Gasteiger partial charge on any atom is -0.495 e. The molecule has 1 aliphatic heterocycles. The number of methoxy groups -OCH3 is 1. The molecule has 1 aromatic carbocycles. The number of anilines is 1. The highest BCUT2D eigenvalue weighted by Gasteiger charge is 2.25. The van der Waals surface area contributed by atoms with Crippen molar-refractivity contribution in [2.24, 2.45) is 16.8 Å². The van der Waals surface area contributed by atoms with Crippen LogP contribution < -0.4 is 15.0 Å². The number of rotatable bonds is 9. The number of nitrogens with zero attached hydrogens (tertiary/aromatic N) is 3. The van der Waals surface area contributed by atoms with Crippen LogP contribution in [-0.4, -0.2) is 71.5 Å². The van der Waals surface area contributed by atoms with E-state index in [2.05, 4.69) is 39.3 Å². The van der Waals surface area contributed by atoms with E-state index in [0.29, 0.717) is 5.92 Å². The fourth-order valence-corrected chi connectivity index (χ4v) is 3.57. The summed E-state index contributed by atoms with van der Waals surface area (Å²) in [6.07, 6.45) is 3.86. The van der Waals surface area contributed by atoms with Crippen molar-refractivity contribution in [3.63, 3.8) is 0 Å². The molecule has 0 radical (unpaired) electrons. The van der Waals surface area contributed by atoms with Gasteiger partial charge < -0.3 is 24.6 Å². The lowest BCUT2D eigenvalue weighted by atomic mass is 10.1. The largest absolute Gasteiger partial charge is 0.495 e. The summed E-state index contributed by atoms with van der Waals surface area (Å²) in [5, 5.41) is 3.54. The van der Waals surface area contributed by atoms with E-state index in [1.807, 2.05) is 19.2 Å². The zero-order valence-electron chi connectivity index (χ0n) is 17.4. The van der Waals surface area contributed by atoms with Crippen LogP contribution in [0.15, 0.2) is 29.3 Å². The molecule has 0 amide bonds. The summed E-state index contributed by atoms with van der Waals surface area (Å²) in [5.41, 5.74) is 1.19. The first-order valence-electron chi connectivity index (χ1n) is 10.1. The molecule has 1 unspecified atom stereocenters. The molecule has 28 heavy (non-hydrogen) atoms. The van der Waals surface area contributed by atoms with Crippen LogP contribution in [0.3, 0.4) is 0 Å². The summed E-state index contributed by atoms with van der Waals surface area (Å²) >= 11 is 0. The van der Waals surface area contributed by atoms with Gasteiger partial charge in [-0.3, -0.25) is 4.99 Å². The quantitative estimate of drug-likeness (QED) is 0.244. The van der Waals surface area contributed by atoms with Gasteiger partial charge in [0, 0.05) is 46.9 Å². The molecular weight excluding hydrogens is 467 g/mol. The third-order valence-corrected chi connectivity index (χ3v) is 5.46. The van der Waals surface area contributed by atoms with E-state index in [0.717, 1.165) is 57.0 Å². The van der Waals surface area contributed by atoms with E-state index in [1.54, 1.807) is 7.11 Å². The van der Waals surface area contributed by atoms with Gasteiger partial charge in [0.2, 0.25) is 0 Å². The molecule has 1 N–H and O–H groups in total. The highest BCUT2D eigenvalue weighted by Crippen LogP contribution is 2.31. The second kappa shape index (κ2) is 11.7. The van der Waals surface area contributed by atoms with Crippen LogP contribution in [0.2, 0.25) is 0 Å². The fraction of sp³-hybridized carbons (Fsp3) is 0.667. The molecule has 2 fully saturated rings. The van der Waals surface area contributed by atoms with Crippen molar-refractivity contribution >= 4 is 35.6 Å². The van der Waals surface area contributed by atoms with E-state index in [1.165, 1.54) is 24.9 Å². The number of hydrogen-bond acceptors (Lipinski definition) is 4. The normalized spacial score (nSPS) is 19.3. The monoisotopic (exact) mass is 502 g/mol. The van der Waals surface area contributed by atoms with Crippen LogP contribution >= 0.6 is 24.0 Å². The van der Waals surface area contributed by atoms with Crippen LogP contribution in [0, 0.1) is 11.8 Å². The van der Waals surface area contributed by atoms with Crippen molar-refractivity contribution in [2.45, 2.75) is 19.3 Å². The summed E-state index contributed by atoms with van der Waals surface area (Å²) in [7, 11) is 5.66. The summed E-state index contributed by atoms with van der Waals surface area (Å²) in [5.74, 6) is 3.32. The molecule has 6 nitrogen and oxygen atoms in total. The van der Waals surface area contributed by atoms with Crippen molar-refractivity contribution in [3.8, 4) is 5.75 Å². The topological polar surface area (TPSA) is 49.3 Å². The van der Waals surface area contributed by atoms with Gasteiger partial charge >= 0.3 is 0 Å². The zero-order valence-corrected chi connectivity index (χ0v) is 19.7. The molecule has 2 aliphatic rings. The van der Waals surface area contributed by atoms with Gasteiger partial charge in [0.1, 0.15) is 5.75 Å². The highest BCUT2D eigenvalue weighted by molar-refractivity contribution is 14.0. The summed E-state index contributed by atoms with van der Waals surface area (Å²) in [6, 6.07) is 8.27. The van der Waals surface area contributed by atoms with Crippen molar-refractivity contribution < 1.29 is 9.47 Å². The smallest absolute Gasteiger partial charge is 0.193 e. The Labute approximate surface area is 186 Å². The number of aliphatic imine (C=N–C) groups is 1. The first-order valence-corrected chi connectivity index (χ1v) is 10.1. The fourth-order valence-electron chi connectivity index (χ4n) is 3.57. The van der Waals surface area contributed by atoms with E-state index < -0.39 is 0 Å². The number of nitrogens with one attached hydrogen (secondary N) is 1. The maximum Gasteiger partial charge on any atom is 0.193 e. The minimum absolute atomic E-state index is 0. The predicted octanol–water partition coefficient (Wildman–Crippen LogP) is 3.07. The van der Waals surface area contributed by atoms with Gasteiger partial charge in [-0.05, 0) is 43.2 Å². The second-order valence-electron chi connectivity index (χ2n) is 7.64. The van der Waals surface area contributed by atoms with Gasteiger partial charge in [-0.1, -0.05) is 12.1 Å². The third kappa shape index (κ3) is 6.69. The third-order valence-electron chi connectivity index (χ3n) is 5.46. The molecule has 1 aliphatic carbocycles. The van der Waals surface area contributed by atoms with Gasteiger partial charge in [-0.15, -0.1) is 24.0 Å². The van der Waals surface area contributed by atoms with E-state index in [-0.39, 0.29) is 24.0 Å². The number of likely N-dealkylation sites (N-methyl/N-ethyl adjacent to an activating group) is 1. The van der Waals surface area contributed by atoms with Gasteiger partial charge in [-0.25, -0.2) is 0 Å². The predicted molar refractivity (Wildman–Crippen MR) is 126 cm³/mol. The average Bonchev–Trinajstić information content (AvgIpc) is 3.41. The molecule has 7 heteroatoms. The van der Waals surface area contributed by atoms with Crippen LogP contribution in [0.5, 0.6) is 5.75 Å². The minimum atomic E-state index is 0. The SMILES string of the molecule is CN=C(NCC1CCN(c2ccccc2OC)C1)N(C)CCOCC1CC1.I. The molecule has 3 rings (SSSR count). The van der Waals surface area contributed by atoms with Crippen LogP contribution in [-0.2, 0) is 4.74 Å². The molecule has 1 saturated carbocycles. The van der Waals surface area contributed by atoms with Gasteiger partial charge in [0.25, 0.3) is 0 Å². The second-order valence-corrected chi connectivity index (χ2v) is 7.64. The summed E-state index contributed by atoms with van der Waals surface area (Å²) < 4.78 is 11.3. The summed E-state index contributed by atoms with van der Waals surface area (Å²) in [6.45, 7) is 5.59. The first-order chi connectivity index (χ1) is 13.2. The Kier molecular flexibility index (Phi) is 9.64. The number of halogens is 1. The molecule has 158 valence electrons. The van der Waals surface area contributed by atoms with Gasteiger partial charge in [0.05, 0.1) is 19.4 Å². The lowest BCUT2D eigenvalue weighted by molar-refractivity contribution is 0.115. The van der Waals surface area contributed by atoms with Crippen LogP contribution in [0.4, 0.5) is 5.69 Å². The van der Waals surface area contributed by atoms with E-state index in [9.17, 15) is 0 Å². The van der Waals surface area contributed by atoms with E-state index in [4.69, 9.17) is 9.47 Å². The Morgan fingerprint density at radius 3 is 2.75 bits per heavy atom. The van der Waals surface area contributed by atoms with Crippen LogP contribution in [0.1, 0.15) is 19.3 Å². The molecule has 0 spiro atoms. The average molecular weight is 502 g/mol. The number of hydrogen-bond donors (Lipinski definition) is 1. The molecular formula is C21H35IN4O2. The molecule has 0 bridgehead atoms. The number of ether oxygens (including phenoxy) is 2. The number of benzene rings is 1. The molecule has 1 aromatic rings. The first kappa shape index (κ1) is 23.1. The Morgan fingerprint density at radius 2 is 2.04 bits per heavy atom. The molecule has 1 atom stereocenters. The number of guanidine groups is 1. The lowest BCUT2D eigenvalue weighted by Gasteiger charge is -2.24. The standard InChI is InChI=1S/C21H34N4O2.HI/c1-22-21(24(2)12-13-27-16-17-8-9-17)23-14-18-10-11-25(15-18)19-6-4-5-7-20(19)26-3;/h4-7,17-18H,8-16H2,1-3H3,(H,22,23);1H. The van der Waals surface area contributed by atoms with Crippen molar-refractivity contribution in [1.82, 2.24) is 10.2 Å². The van der Waals surface area contributed by atoms with Crippen LogP contribution in [0.25, 0.3) is 0 Å². The maximum absolute atomic E-state index is 5.74. The molecule has 1 heterocycles. The highest BCUT2D eigenvalue weighted by atomic mass is 127. The van der Waals surface area contributed by atoms with Crippen molar-refractivity contribution in [3.05, 3.63) is 24.3 Å². The van der Waals surface area contributed by atoms with E-state index >= 15 is 0 Å². The molecule has 0 aromatic heterocycles. The Hall–Kier alpha value is -1.22. The Bertz CT molecular complexity index is 624. The number of para-hydroxylation sites is 2. The summed E-state index contributed by atoms with van der Waals surface area (Å²) in [4.78, 5) is 8.99. The van der Waals surface area contributed by atoms with Gasteiger partial charge in [-0.2, -0.15) is 0 Å². The molecule has 1 saturated heterocycles. The van der Waals surface area contributed by atoms with Gasteiger partial charge in [0.15, 0.2) is 5.96 Å². The Morgan fingerprint density at radius 1 is 1.25 bits per heavy atom. The van der Waals surface area contributed by atoms with Crippen molar-refractivity contribution in [1.29, 1.82) is 0 Å². The zero-order chi connectivity index (χ0) is 19.1.